The quantitative estimate of drug-likeness (QED) is 0.911. The first kappa shape index (κ1) is 14.8. The molecule has 2 aromatic carbocycles. The van der Waals surface area contributed by atoms with Crippen molar-refractivity contribution in [1.29, 1.82) is 0 Å². The maximum atomic E-state index is 6.57. The maximum absolute atomic E-state index is 6.57. The van der Waals surface area contributed by atoms with Crippen LogP contribution in [0.3, 0.4) is 0 Å². The van der Waals surface area contributed by atoms with E-state index in [0.29, 0.717) is 24.5 Å². The van der Waals surface area contributed by atoms with Crippen molar-refractivity contribution in [3.63, 3.8) is 0 Å². The third kappa shape index (κ3) is 3.00. The summed E-state index contributed by atoms with van der Waals surface area (Å²) >= 11 is 0. The van der Waals surface area contributed by atoms with E-state index in [2.05, 4.69) is 42.5 Å². The van der Waals surface area contributed by atoms with Crippen LogP contribution in [0.25, 0.3) is 0 Å². The third-order valence-corrected chi connectivity index (χ3v) is 5.60. The Bertz CT molecular complexity index is 667. The molecule has 1 saturated carbocycles. The lowest BCUT2D eigenvalue weighted by Gasteiger charge is -2.36. The highest BCUT2D eigenvalue weighted by Gasteiger charge is 2.35. The summed E-state index contributed by atoms with van der Waals surface area (Å²) in [5.74, 6) is 2.17. The second kappa shape index (κ2) is 6.37. The molecule has 2 aliphatic carbocycles. The minimum Gasteiger partial charge on any atom is -0.489 e. The Labute approximate surface area is 138 Å². The van der Waals surface area contributed by atoms with Crippen molar-refractivity contribution in [2.75, 3.05) is 0 Å². The summed E-state index contributed by atoms with van der Waals surface area (Å²) in [6.07, 6.45) is 6.31. The van der Waals surface area contributed by atoms with E-state index in [4.69, 9.17) is 10.5 Å². The van der Waals surface area contributed by atoms with Crippen molar-refractivity contribution in [1.82, 2.24) is 0 Å². The van der Waals surface area contributed by atoms with Gasteiger partial charge in [0, 0.05) is 6.04 Å². The Morgan fingerprint density at radius 3 is 2.70 bits per heavy atom. The molecule has 3 atom stereocenters. The maximum Gasteiger partial charge on any atom is 0.120 e. The van der Waals surface area contributed by atoms with Gasteiger partial charge in [0.2, 0.25) is 0 Å². The van der Waals surface area contributed by atoms with Crippen LogP contribution in [0.1, 0.15) is 48.3 Å². The number of rotatable bonds is 3. The minimum absolute atomic E-state index is 0.328. The Kier molecular flexibility index (Phi) is 4.09. The number of hydrogen-bond donors (Lipinski definition) is 1. The van der Waals surface area contributed by atoms with Crippen LogP contribution in [0.15, 0.2) is 48.5 Å². The predicted octanol–water partition coefficient (Wildman–Crippen LogP) is 4.42. The van der Waals surface area contributed by atoms with Crippen LogP contribution in [0, 0.1) is 5.92 Å². The molecular weight excluding hydrogens is 282 g/mol. The van der Waals surface area contributed by atoms with Gasteiger partial charge >= 0.3 is 0 Å². The van der Waals surface area contributed by atoms with Gasteiger partial charge in [-0.15, -0.1) is 0 Å². The van der Waals surface area contributed by atoms with Crippen LogP contribution in [0.5, 0.6) is 5.75 Å². The standard InChI is InChI=1S/C21H25NO/c22-21-17-8-4-5-9-19(21)20-13-18(11-10-16(20)12-17)23-14-15-6-2-1-3-7-15/h1-3,6-7,10-11,13,17,19,21H,4-5,8-9,12,14,22H2. The topological polar surface area (TPSA) is 35.2 Å². The summed E-state index contributed by atoms with van der Waals surface area (Å²) in [5, 5.41) is 0. The average molecular weight is 307 g/mol. The molecule has 2 heteroatoms. The smallest absolute Gasteiger partial charge is 0.120 e. The van der Waals surface area contributed by atoms with Crippen LogP contribution < -0.4 is 10.5 Å². The number of hydrogen-bond acceptors (Lipinski definition) is 2. The van der Waals surface area contributed by atoms with Crippen LogP contribution in [0.2, 0.25) is 0 Å². The summed E-state index contributed by atoms with van der Waals surface area (Å²) in [5.41, 5.74) is 10.7. The van der Waals surface area contributed by atoms with Gasteiger partial charge in [0.1, 0.15) is 12.4 Å². The van der Waals surface area contributed by atoms with Crippen molar-refractivity contribution in [2.24, 2.45) is 11.7 Å². The summed E-state index contributed by atoms with van der Waals surface area (Å²) in [4.78, 5) is 0. The SMILES string of the molecule is NC1C2CCCCC1c1cc(OCc3ccccc3)ccc1C2. The molecule has 1 fully saturated rings. The number of fused-ring (bicyclic) bond motifs is 4. The second-order valence-electron chi connectivity index (χ2n) is 7.07. The van der Waals surface area contributed by atoms with Crippen LogP contribution in [-0.4, -0.2) is 6.04 Å². The second-order valence-corrected chi connectivity index (χ2v) is 7.07. The molecule has 0 aliphatic heterocycles. The Hall–Kier alpha value is -1.80. The van der Waals surface area contributed by atoms with Crippen LogP contribution >= 0.6 is 0 Å². The first-order chi connectivity index (χ1) is 11.3. The van der Waals surface area contributed by atoms with Crippen molar-refractivity contribution in [2.45, 2.75) is 50.7 Å². The molecule has 0 saturated heterocycles. The highest BCUT2D eigenvalue weighted by Crippen LogP contribution is 2.43. The molecule has 23 heavy (non-hydrogen) atoms. The van der Waals surface area contributed by atoms with Gasteiger partial charge < -0.3 is 10.5 Å². The summed E-state index contributed by atoms with van der Waals surface area (Å²) in [6, 6.07) is 17.3. The molecular formula is C21H25NO. The molecule has 0 amide bonds. The van der Waals surface area contributed by atoms with Gasteiger partial charge in [-0.25, -0.2) is 0 Å². The molecule has 0 radical (unpaired) electrons. The van der Waals surface area contributed by atoms with E-state index >= 15 is 0 Å². The fraction of sp³-hybridized carbons (Fsp3) is 0.429. The zero-order valence-electron chi connectivity index (χ0n) is 13.6. The monoisotopic (exact) mass is 307 g/mol. The summed E-state index contributed by atoms with van der Waals surface area (Å²) in [6.45, 7) is 0.624. The van der Waals surface area contributed by atoms with E-state index in [1.54, 1.807) is 0 Å². The third-order valence-electron chi connectivity index (χ3n) is 5.60. The van der Waals surface area contributed by atoms with Crippen molar-refractivity contribution in [3.05, 3.63) is 65.2 Å². The molecule has 2 aromatic rings. The lowest BCUT2D eigenvalue weighted by Crippen LogP contribution is -2.40. The van der Waals surface area contributed by atoms with Gasteiger partial charge in [-0.1, -0.05) is 49.2 Å². The molecule has 2 bridgehead atoms. The van der Waals surface area contributed by atoms with E-state index in [1.165, 1.54) is 42.4 Å². The summed E-state index contributed by atoms with van der Waals surface area (Å²) in [7, 11) is 0. The normalized spacial score (nSPS) is 26.2. The van der Waals surface area contributed by atoms with E-state index < -0.39 is 0 Å². The van der Waals surface area contributed by atoms with E-state index in [-0.39, 0.29) is 0 Å². The number of ether oxygens (including phenoxy) is 1. The molecule has 2 aliphatic rings. The molecule has 0 spiro atoms. The molecule has 120 valence electrons. The highest BCUT2D eigenvalue weighted by molar-refractivity contribution is 5.41. The van der Waals surface area contributed by atoms with Gasteiger partial charge in [0.05, 0.1) is 0 Å². The molecule has 4 rings (SSSR count). The van der Waals surface area contributed by atoms with E-state index in [9.17, 15) is 0 Å². The van der Waals surface area contributed by atoms with Gasteiger partial charge in [0.15, 0.2) is 0 Å². The zero-order chi connectivity index (χ0) is 15.6. The first-order valence-electron chi connectivity index (χ1n) is 8.86. The lowest BCUT2D eigenvalue weighted by molar-refractivity contribution is 0.302. The number of benzene rings is 2. The highest BCUT2D eigenvalue weighted by atomic mass is 16.5. The van der Waals surface area contributed by atoms with Crippen molar-refractivity contribution >= 4 is 0 Å². The summed E-state index contributed by atoms with van der Waals surface area (Å²) < 4.78 is 6.02. The lowest BCUT2D eigenvalue weighted by atomic mass is 9.73. The van der Waals surface area contributed by atoms with Crippen LogP contribution in [0.4, 0.5) is 0 Å². The molecule has 0 aromatic heterocycles. The van der Waals surface area contributed by atoms with Crippen LogP contribution in [-0.2, 0) is 13.0 Å². The molecule has 3 unspecified atom stereocenters. The fourth-order valence-electron chi connectivity index (χ4n) is 4.30. The Morgan fingerprint density at radius 1 is 1.00 bits per heavy atom. The van der Waals surface area contributed by atoms with Gasteiger partial charge in [0.25, 0.3) is 0 Å². The largest absolute Gasteiger partial charge is 0.489 e. The minimum atomic E-state index is 0.328. The van der Waals surface area contributed by atoms with Crippen molar-refractivity contribution in [3.8, 4) is 5.75 Å². The van der Waals surface area contributed by atoms with E-state index in [1.807, 2.05) is 6.07 Å². The number of nitrogens with two attached hydrogens (primary N) is 1. The zero-order valence-corrected chi connectivity index (χ0v) is 13.6. The predicted molar refractivity (Wildman–Crippen MR) is 93.6 cm³/mol. The Balaban J connectivity index is 1.56. The Morgan fingerprint density at radius 2 is 1.83 bits per heavy atom. The van der Waals surface area contributed by atoms with Gasteiger partial charge in [-0.2, -0.15) is 0 Å². The molecule has 2 N–H and O–H groups in total. The average Bonchev–Trinajstić information content (AvgIpc) is 2.71. The van der Waals surface area contributed by atoms with Gasteiger partial charge in [-0.05, 0) is 59.9 Å². The molecule has 0 heterocycles. The molecule has 2 nitrogen and oxygen atoms in total. The van der Waals surface area contributed by atoms with Gasteiger partial charge in [-0.3, -0.25) is 0 Å². The van der Waals surface area contributed by atoms with E-state index in [0.717, 1.165) is 12.2 Å². The first-order valence-corrected chi connectivity index (χ1v) is 8.86. The van der Waals surface area contributed by atoms with Crippen molar-refractivity contribution < 1.29 is 4.74 Å². The fourth-order valence-corrected chi connectivity index (χ4v) is 4.30.